The summed E-state index contributed by atoms with van der Waals surface area (Å²) >= 11 is 0. The van der Waals surface area contributed by atoms with Crippen LogP contribution >= 0.6 is 8.53 Å². The molecule has 0 spiro atoms. The molecule has 0 radical (unpaired) electrons. The van der Waals surface area contributed by atoms with Crippen LogP contribution in [-0.4, -0.2) is 96.6 Å². The number of nitriles is 1. The second-order valence-corrected chi connectivity index (χ2v) is 20.0. The lowest BCUT2D eigenvalue weighted by Gasteiger charge is -2.37. The second-order valence-electron chi connectivity index (χ2n) is 18.6. The summed E-state index contributed by atoms with van der Waals surface area (Å²) in [6, 6.07) is 27.2. The minimum Gasteiger partial charge on any atom is -0.497 e. The van der Waals surface area contributed by atoms with Crippen molar-refractivity contribution in [1.82, 2.24) is 38.8 Å². The summed E-state index contributed by atoms with van der Waals surface area (Å²) in [5, 5.41) is 18.3. The number of hydrogen-bond acceptors (Lipinski definition) is 16. The van der Waals surface area contributed by atoms with Crippen molar-refractivity contribution in [3.05, 3.63) is 173 Å². The Morgan fingerprint density at radius 2 is 1.31 bits per heavy atom. The maximum atomic E-state index is 13.3. The molecular weight excluding hydrogens is 974 g/mol. The van der Waals surface area contributed by atoms with Crippen LogP contribution in [0.3, 0.4) is 0 Å². The van der Waals surface area contributed by atoms with Crippen LogP contribution in [0.25, 0.3) is 0 Å². The minimum atomic E-state index is -1.76. The van der Waals surface area contributed by atoms with Gasteiger partial charge in [-0.15, -0.1) is 5.10 Å². The summed E-state index contributed by atoms with van der Waals surface area (Å²) in [4.78, 5) is 56.1. The molecule has 3 aromatic heterocycles. The fourth-order valence-electron chi connectivity index (χ4n) is 9.34. The first-order chi connectivity index (χ1) is 35.6. The lowest BCUT2D eigenvalue weighted by atomic mass is 9.80. The van der Waals surface area contributed by atoms with Gasteiger partial charge in [0, 0.05) is 48.4 Å². The molecule has 1 unspecified atom stereocenters. The quantitative estimate of drug-likeness (QED) is 0.0432. The first kappa shape index (κ1) is 53.7. The number of hydrogen-bond donors (Lipinski definition) is 2. The zero-order valence-corrected chi connectivity index (χ0v) is 43.5. The van der Waals surface area contributed by atoms with E-state index in [-0.39, 0.29) is 51.3 Å². The topological polar surface area (TPSA) is 241 Å². The lowest BCUT2D eigenvalue weighted by molar-refractivity contribution is -0.113. The first-order valence-corrected chi connectivity index (χ1v) is 25.5. The van der Waals surface area contributed by atoms with Crippen LogP contribution in [-0.2, 0) is 40.3 Å². The van der Waals surface area contributed by atoms with Gasteiger partial charge in [-0.3, -0.25) is 28.7 Å². The highest BCUT2D eigenvalue weighted by atomic mass is 31.2. The maximum absolute atomic E-state index is 13.3. The molecule has 8 rings (SSSR count). The summed E-state index contributed by atoms with van der Waals surface area (Å²) in [7, 11) is 1.45. The highest BCUT2D eigenvalue weighted by molar-refractivity contribution is 7.44. The van der Waals surface area contributed by atoms with Gasteiger partial charge < -0.3 is 37.5 Å². The van der Waals surface area contributed by atoms with E-state index in [4.69, 9.17) is 37.5 Å². The Morgan fingerprint density at radius 3 is 1.85 bits per heavy atom. The molecule has 2 saturated heterocycles. The number of aromatic nitrogens is 7. The molecule has 0 amide bonds. The number of methoxy groups -OCH3 is 2. The van der Waals surface area contributed by atoms with Crippen LogP contribution in [0.15, 0.2) is 117 Å². The Morgan fingerprint density at radius 1 is 0.770 bits per heavy atom. The van der Waals surface area contributed by atoms with Crippen molar-refractivity contribution in [1.29, 1.82) is 5.26 Å². The molecule has 0 saturated carbocycles. The average Bonchev–Trinajstić information content (AvgIpc) is 4.15. The zero-order valence-electron chi connectivity index (χ0n) is 42.6. The van der Waals surface area contributed by atoms with Crippen molar-refractivity contribution in [2.75, 3.05) is 27.4 Å². The van der Waals surface area contributed by atoms with Crippen molar-refractivity contribution in [3.8, 4) is 17.6 Å². The molecule has 2 fully saturated rings. The molecule has 5 heterocycles. The SMILES string of the molecule is COc1ccc(C(OC[C@H]2O[C@@H](n3cc(C)c(=O)[nH]c3=O)C[C@@H]2OCn2cc([C@H]3O[C@@H](n4cc(C)c(=O)[nH]c4=O)C[C@@H]3OP(OCCC#N)N(C(C)C)C(C)C)nn2)(c2ccccc2)c2ccc(OC)cc2)cc1. The van der Waals surface area contributed by atoms with E-state index in [1.54, 1.807) is 34.3 Å². The number of benzene rings is 3. The molecule has 22 heteroatoms. The molecule has 0 bridgehead atoms. The fourth-order valence-corrected chi connectivity index (χ4v) is 11.1. The lowest BCUT2D eigenvalue weighted by Crippen LogP contribution is -2.39. The molecule has 6 aromatic rings. The van der Waals surface area contributed by atoms with Gasteiger partial charge in [-0.2, -0.15) is 5.26 Å². The van der Waals surface area contributed by atoms with E-state index in [1.807, 2.05) is 107 Å². The van der Waals surface area contributed by atoms with Crippen LogP contribution in [0.5, 0.6) is 11.5 Å². The number of H-pyrrole nitrogens is 2. The van der Waals surface area contributed by atoms with Gasteiger partial charge >= 0.3 is 11.4 Å². The van der Waals surface area contributed by atoms with Gasteiger partial charge in [-0.25, -0.2) is 18.9 Å². The van der Waals surface area contributed by atoms with E-state index in [1.165, 1.54) is 26.2 Å². The monoisotopic (exact) mass is 1040 g/mol. The molecule has 2 aliphatic rings. The second kappa shape index (κ2) is 23.7. The zero-order chi connectivity index (χ0) is 52.7. The van der Waals surface area contributed by atoms with E-state index in [0.29, 0.717) is 28.3 Å². The van der Waals surface area contributed by atoms with Gasteiger partial charge in [0.15, 0.2) is 0 Å². The summed E-state index contributed by atoms with van der Waals surface area (Å²) < 4.78 is 57.6. The Hall–Kier alpha value is -6.60. The molecule has 0 aliphatic carbocycles. The summed E-state index contributed by atoms with van der Waals surface area (Å²) in [5.41, 5.74) is -0.0814. The van der Waals surface area contributed by atoms with E-state index in [0.717, 1.165) is 16.7 Å². The van der Waals surface area contributed by atoms with Gasteiger partial charge in [0.25, 0.3) is 19.6 Å². The van der Waals surface area contributed by atoms with Crippen molar-refractivity contribution in [2.45, 2.75) is 122 Å². The van der Waals surface area contributed by atoms with E-state index in [2.05, 4.69) is 31.0 Å². The fraction of sp³-hybridized carbons (Fsp3) is 0.442. The number of aryl methyl sites for hydroxylation is 2. The van der Waals surface area contributed by atoms with E-state index >= 15 is 0 Å². The van der Waals surface area contributed by atoms with Gasteiger partial charge in [-0.05, 0) is 82.5 Å². The predicted molar refractivity (Wildman–Crippen MR) is 271 cm³/mol. The largest absolute Gasteiger partial charge is 0.497 e. The molecule has 74 heavy (non-hydrogen) atoms. The van der Waals surface area contributed by atoms with Crippen molar-refractivity contribution in [2.24, 2.45) is 0 Å². The third-order valence-corrected chi connectivity index (χ3v) is 15.1. The van der Waals surface area contributed by atoms with Gasteiger partial charge in [-0.1, -0.05) is 59.8 Å². The van der Waals surface area contributed by atoms with Crippen LogP contribution in [0.4, 0.5) is 0 Å². The highest BCUT2D eigenvalue weighted by Gasteiger charge is 2.45. The molecule has 7 atom stereocenters. The first-order valence-electron chi connectivity index (χ1n) is 24.3. The van der Waals surface area contributed by atoms with Crippen molar-refractivity contribution >= 4 is 8.53 Å². The van der Waals surface area contributed by atoms with Crippen molar-refractivity contribution in [3.63, 3.8) is 0 Å². The Kier molecular flexibility index (Phi) is 17.2. The van der Waals surface area contributed by atoms with Gasteiger partial charge in [0.05, 0.1) is 52.2 Å². The highest BCUT2D eigenvalue weighted by Crippen LogP contribution is 2.52. The number of nitrogens with one attached hydrogen (secondary N) is 2. The molecule has 2 aliphatic heterocycles. The Labute approximate surface area is 428 Å². The average molecular weight is 1040 g/mol. The minimum absolute atomic E-state index is 0.00197. The van der Waals surface area contributed by atoms with Gasteiger partial charge in [0.1, 0.15) is 60.3 Å². The summed E-state index contributed by atoms with van der Waals surface area (Å²) in [6.07, 6.45) is 0.245. The molecule has 3 aromatic carbocycles. The number of rotatable bonds is 22. The van der Waals surface area contributed by atoms with Crippen LogP contribution in [0, 0.1) is 25.2 Å². The van der Waals surface area contributed by atoms with Crippen LogP contribution in [0.1, 0.15) is 99.0 Å². The molecular formula is C52H62N9O12P. The van der Waals surface area contributed by atoms with Crippen molar-refractivity contribution < 1.29 is 37.5 Å². The Bertz CT molecular complexity index is 3060. The number of ether oxygens (including phenoxy) is 6. The van der Waals surface area contributed by atoms with Crippen LogP contribution < -0.4 is 32.0 Å². The smallest absolute Gasteiger partial charge is 0.330 e. The maximum Gasteiger partial charge on any atom is 0.330 e. The molecule has 21 nitrogen and oxygen atoms in total. The normalized spacial score (nSPS) is 20.4. The summed E-state index contributed by atoms with van der Waals surface area (Å²) in [6.45, 7) is 11.3. The van der Waals surface area contributed by atoms with E-state index in [9.17, 15) is 24.4 Å². The third-order valence-electron chi connectivity index (χ3n) is 13.0. The predicted octanol–water partition coefficient (Wildman–Crippen LogP) is 6.27. The number of aromatic amines is 2. The number of nitrogens with zero attached hydrogens (tertiary/aromatic N) is 7. The molecule has 2 N–H and O–H groups in total. The standard InChI is InChI=1S/C52H62N9O12P/c1-32(2)61(33(3)4)74(70-24-12-23-53)73-43-26-46(60-28-35(6)49(63)55-51(60)65)72-47(43)41-29-58(57-56-41)31-68-42-25-45(59-27-34(5)48(62)54-50(59)64)71-44(42)30-69-52(36-13-10-9-11-14-36,37-15-19-39(66-7)20-16-37)38-17-21-40(67-8)22-18-38/h9-11,13-22,27-29,32-33,42-47H,12,24-26,30-31H2,1-8H3,(H,54,62,64)(H,55,63,65)/t42-,43-,44+,45+,46+,47+,74?/m0/s1. The summed E-state index contributed by atoms with van der Waals surface area (Å²) in [5.74, 6) is 1.32. The van der Waals surface area contributed by atoms with E-state index < -0.39 is 73.5 Å². The van der Waals surface area contributed by atoms with Gasteiger partial charge in [0.2, 0.25) is 0 Å². The molecule has 392 valence electrons. The third kappa shape index (κ3) is 11.7. The Balaban J connectivity index is 1.11. The van der Waals surface area contributed by atoms with Crippen LogP contribution in [0.2, 0.25) is 0 Å².